The third kappa shape index (κ3) is 4.91. The zero-order valence-corrected chi connectivity index (χ0v) is 21.7. The van der Waals surface area contributed by atoms with Gasteiger partial charge < -0.3 is 34.8 Å². The van der Waals surface area contributed by atoms with Crippen LogP contribution in [-0.4, -0.2) is 57.5 Å². The largest absolute Gasteiger partial charge is 0.483 e. The van der Waals surface area contributed by atoms with Gasteiger partial charge in [0.05, 0.1) is 25.4 Å². The van der Waals surface area contributed by atoms with E-state index in [9.17, 15) is 20.4 Å². The molecule has 1 saturated carbocycles. The average Bonchev–Trinajstić information content (AvgIpc) is 3.67. The zero-order chi connectivity index (χ0) is 26.4. The van der Waals surface area contributed by atoms with E-state index in [4.69, 9.17) is 21.1 Å². The van der Waals surface area contributed by atoms with E-state index < -0.39 is 24.4 Å². The molecule has 0 unspecified atom stereocenters. The van der Waals surface area contributed by atoms with Crippen molar-refractivity contribution in [2.75, 3.05) is 18.1 Å². The zero-order valence-electron chi connectivity index (χ0n) is 21.0. The summed E-state index contributed by atoms with van der Waals surface area (Å²) in [6, 6.07) is 19.8. The average molecular weight is 538 g/mol. The Balaban J connectivity index is 1.32. The fourth-order valence-electron chi connectivity index (χ4n) is 5.56. The molecule has 3 aliphatic rings. The maximum Gasteiger partial charge on any atom is 0.149 e. The molecule has 2 aliphatic heterocycles. The number of ether oxygens (including phenoxy) is 2. The van der Waals surface area contributed by atoms with Crippen LogP contribution in [0.5, 0.6) is 5.75 Å². The van der Waals surface area contributed by atoms with Gasteiger partial charge >= 0.3 is 0 Å². The van der Waals surface area contributed by atoms with Crippen molar-refractivity contribution in [3.63, 3.8) is 0 Å². The van der Waals surface area contributed by atoms with Gasteiger partial charge in [-0.25, -0.2) is 0 Å². The molecule has 0 bridgehead atoms. The number of rotatable bonds is 6. The van der Waals surface area contributed by atoms with Gasteiger partial charge in [-0.3, -0.25) is 0 Å². The van der Waals surface area contributed by atoms with Crippen molar-refractivity contribution in [1.29, 1.82) is 0 Å². The molecule has 200 valence electrons. The van der Waals surface area contributed by atoms with Crippen LogP contribution in [0.1, 0.15) is 46.8 Å². The summed E-state index contributed by atoms with van der Waals surface area (Å²) in [6.07, 6.45) is -1.93. The Morgan fingerprint density at radius 2 is 1.71 bits per heavy atom. The van der Waals surface area contributed by atoms with Crippen molar-refractivity contribution < 1.29 is 29.9 Å². The second kappa shape index (κ2) is 10.2. The predicted molar refractivity (Wildman–Crippen MR) is 143 cm³/mol. The fourth-order valence-corrected chi connectivity index (χ4v) is 5.75. The molecule has 0 aromatic heterocycles. The third-order valence-corrected chi connectivity index (χ3v) is 8.20. The van der Waals surface area contributed by atoms with Gasteiger partial charge in [0.25, 0.3) is 0 Å². The van der Waals surface area contributed by atoms with Crippen molar-refractivity contribution in [2.45, 2.75) is 62.4 Å². The summed E-state index contributed by atoms with van der Waals surface area (Å²) < 4.78 is 12.1. The minimum atomic E-state index is -1.29. The number of aliphatic hydroxyl groups excluding tert-OH is 4. The lowest BCUT2D eigenvalue weighted by Crippen LogP contribution is -2.49. The number of halogens is 1. The molecule has 38 heavy (non-hydrogen) atoms. The van der Waals surface area contributed by atoms with Crippen LogP contribution in [0.3, 0.4) is 0 Å². The topological polar surface area (TPSA) is 103 Å². The van der Waals surface area contributed by atoms with E-state index in [0.29, 0.717) is 17.0 Å². The molecule has 4 N–H and O–H groups in total. The Kier molecular flexibility index (Phi) is 6.84. The number of anilines is 1. The summed E-state index contributed by atoms with van der Waals surface area (Å²) in [4.78, 5) is 2.35. The molecular weight excluding hydrogens is 506 g/mol. The van der Waals surface area contributed by atoms with E-state index in [1.165, 1.54) is 5.56 Å². The molecule has 1 saturated heterocycles. The number of nitrogens with zero attached hydrogens (tertiary/aromatic N) is 1. The van der Waals surface area contributed by atoms with Crippen molar-refractivity contribution in [1.82, 2.24) is 0 Å². The second-order valence-corrected chi connectivity index (χ2v) is 11.1. The number of benzene rings is 3. The van der Waals surface area contributed by atoms with Gasteiger partial charge in [0.2, 0.25) is 0 Å². The van der Waals surface area contributed by atoms with Gasteiger partial charge in [-0.1, -0.05) is 54.1 Å². The molecule has 3 aromatic rings. The van der Waals surface area contributed by atoms with Crippen LogP contribution in [0, 0.1) is 0 Å². The quantitative estimate of drug-likeness (QED) is 0.381. The van der Waals surface area contributed by atoms with Crippen LogP contribution in [0.15, 0.2) is 60.7 Å². The Hall–Kier alpha value is -2.65. The molecule has 1 spiro atoms. The SMILES string of the molecule is OCc1cc(Cc2cc([C@@H]3OC[C@H](O)[C@@H](O)[C@H]3O)ccc2Cl)cc2c1OC1(CC1)CN2Cc1ccccc1. The Labute approximate surface area is 226 Å². The van der Waals surface area contributed by atoms with Gasteiger partial charge in [-0.15, -0.1) is 0 Å². The minimum absolute atomic E-state index is 0.0652. The fraction of sp³-hybridized carbons (Fsp3) is 0.400. The van der Waals surface area contributed by atoms with Crippen LogP contribution >= 0.6 is 11.6 Å². The maximum atomic E-state index is 10.5. The van der Waals surface area contributed by atoms with Gasteiger partial charge in [0.1, 0.15) is 35.8 Å². The van der Waals surface area contributed by atoms with Gasteiger partial charge in [0, 0.05) is 17.1 Å². The lowest BCUT2D eigenvalue weighted by Gasteiger charge is -2.38. The molecule has 6 rings (SSSR count). The molecule has 8 heteroatoms. The first-order valence-electron chi connectivity index (χ1n) is 13.0. The molecule has 1 aliphatic carbocycles. The molecule has 0 amide bonds. The molecule has 2 heterocycles. The summed E-state index contributed by atoms with van der Waals surface area (Å²) in [7, 11) is 0. The highest BCUT2D eigenvalue weighted by Crippen LogP contribution is 2.50. The first-order valence-corrected chi connectivity index (χ1v) is 13.4. The van der Waals surface area contributed by atoms with Gasteiger partial charge in [0.15, 0.2) is 0 Å². The summed E-state index contributed by atoms with van der Waals surface area (Å²) in [5.74, 6) is 0.752. The number of hydrogen-bond donors (Lipinski definition) is 4. The second-order valence-electron chi connectivity index (χ2n) is 10.7. The molecule has 4 atom stereocenters. The minimum Gasteiger partial charge on any atom is -0.483 e. The highest BCUT2D eigenvalue weighted by atomic mass is 35.5. The van der Waals surface area contributed by atoms with E-state index in [-0.39, 0.29) is 18.8 Å². The number of hydrogen-bond acceptors (Lipinski definition) is 7. The summed E-state index contributed by atoms with van der Waals surface area (Å²) >= 11 is 6.59. The first-order chi connectivity index (χ1) is 18.4. The lowest BCUT2D eigenvalue weighted by atomic mass is 9.92. The van der Waals surface area contributed by atoms with E-state index in [1.54, 1.807) is 12.1 Å². The molecular formula is C30H32ClNO6. The summed E-state index contributed by atoms with van der Waals surface area (Å²) in [5.41, 5.74) is 5.22. The Morgan fingerprint density at radius 3 is 2.45 bits per heavy atom. The standard InChI is InChI=1S/C30H32ClNO6/c31-23-7-6-20(29-27(36)26(35)25(34)16-37-29)13-21(23)10-19-11-22(15-33)28-24(12-19)32(17-30(38-28)8-9-30)14-18-4-2-1-3-5-18/h1-7,11-13,25-27,29,33-36H,8-10,14-17H2/t25-,26+,27+,29-/m0/s1. The monoisotopic (exact) mass is 537 g/mol. The lowest BCUT2D eigenvalue weighted by molar-refractivity contribution is -0.189. The highest BCUT2D eigenvalue weighted by Gasteiger charge is 2.50. The smallest absolute Gasteiger partial charge is 0.149 e. The van der Waals surface area contributed by atoms with Crippen molar-refractivity contribution in [2.24, 2.45) is 0 Å². The number of aliphatic hydroxyl groups is 4. The van der Waals surface area contributed by atoms with E-state index in [0.717, 1.165) is 54.1 Å². The molecule has 7 nitrogen and oxygen atoms in total. The molecule has 3 aromatic carbocycles. The Bertz CT molecular complexity index is 1310. The summed E-state index contributed by atoms with van der Waals surface area (Å²) in [6.45, 7) is 1.34. The van der Waals surface area contributed by atoms with Crippen molar-refractivity contribution >= 4 is 17.3 Å². The van der Waals surface area contributed by atoms with Crippen molar-refractivity contribution in [3.8, 4) is 5.75 Å². The summed E-state index contributed by atoms with van der Waals surface area (Å²) in [5, 5.41) is 41.3. The normalized spacial score (nSPS) is 25.7. The van der Waals surface area contributed by atoms with Gasteiger partial charge in [-0.2, -0.15) is 0 Å². The third-order valence-electron chi connectivity index (χ3n) is 7.83. The van der Waals surface area contributed by atoms with E-state index in [1.807, 2.05) is 30.3 Å². The number of fused-ring (bicyclic) bond motifs is 1. The van der Waals surface area contributed by atoms with E-state index >= 15 is 0 Å². The first kappa shape index (κ1) is 25.6. The van der Waals surface area contributed by atoms with Crippen LogP contribution in [0.4, 0.5) is 5.69 Å². The Morgan fingerprint density at radius 1 is 0.921 bits per heavy atom. The van der Waals surface area contributed by atoms with Gasteiger partial charge in [-0.05, 0) is 59.7 Å². The predicted octanol–water partition coefficient (Wildman–Crippen LogP) is 3.51. The molecule has 2 fully saturated rings. The van der Waals surface area contributed by atoms with Crippen molar-refractivity contribution in [3.05, 3.63) is 93.5 Å². The molecule has 0 radical (unpaired) electrons. The van der Waals surface area contributed by atoms with Crippen LogP contribution < -0.4 is 9.64 Å². The van der Waals surface area contributed by atoms with Crippen LogP contribution in [-0.2, 0) is 24.3 Å². The highest BCUT2D eigenvalue weighted by molar-refractivity contribution is 6.31. The van der Waals surface area contributed by atoms with Crippen LogP contribution in [0.25, 0.3) is 0 Å². The van der Waals surface area contributed by atoms with Crippen LogP contribution in [0.2, 0.25) is 5.02 Å². The van der Waals surface area contributed by atoms with E-state index in [2.05, 4.69) is 23.1 Å². The maximum absolute atomic E-state index is 10.5.